The number of anilines is 1. The van der Waals surface area contributed by atoms with Crippen LogP contribution in [0.5, 0.6) is 0 Å². The van der Waals surface area contributed by atoms with Gasteiger partial charge in [0, 0.05) is 6.54 Å². The van der Waals surface area contributed by atoms with Gasteiger partial charge in [0.1, 0.15) is 11.5 Å². The van der Waals surface area contributed by atoms with Gasteiger partial charge in [0.05, 0.1) is 5.56 Å². The van der Waals surface area contributed by atoms with E-state index in [0.29, 0.717) is 6.29 Å². The molecule has 0 aromatic carbocycles. The van der Waals surface area contributed by atoms with Crippen LogP contribution in [0.15, 0.2) is 6.07 Å². The largest absolute Gasteiger partial charge is 0.383 e. The lowest BCUT2D eigenvalue weighted by molar-refractivity contribution is 0.112. The topological polar surface area (TPSA) is 82.0 Å². The summed E-state index contributed by atoms with van der Waals surface area (Å²) < 4.78 is 24.5. The third kappa shape index (κ3) is 1.85. The molecule has 0 unspecified atom stereocenters. The number of pyridine rings is 1. The summed E-state index contributed by atoms with van der Waals surface area (Å²) >= 11 is 0. The highest BCUT2D eigenvalue weighted by Gasteiger charge is 2.14. The first-order valence-electron chi connectivity index (χ1n) is 3.82. The van der Waals surface area contributed by atoms with E-state index in [4.69, 9.17) is 11.5 Å². The maximum Gasteiger partial charge on any atom is 0.280 e. The maximum atomic E-state index is 12.3. The molecule has 0 atom stereocenters. The number of halogens is 2. The van der Waals surface area contributed by atoms with E-state index in [1.807, 2.05) is 0 Å². The highest BCUT2D eigenvalue weighted by molar-refractivity contribution is 5.83. The third-order valence-corrected chi connectivity index (χ3v) is 1.75. The van der Waals surface area contributed by atoms with E-state index >= 15 is 0 Å². The second kappa shape index (κ2) is 4.10. The highest BCUT2D eigenvalue weighted by atomic mass is 19.3. The normalized spacial score (nSPS) is 10.6. The predicted octanol–water partition coefficient (Wildman–Crippen LogP) is 0.873. The highest BCUT2D eigenvalue weighted by Crippen LogP contribution is 2.22. The van der Waals surface area contributed by atoms with Gasteiger partial charge >= 0.3 is 0 Å². The molecule has 14 heavy (non-hydrogen) atoms. The second-order valence-electron chi connectivity index (χ2n) is 2.63. The number of hydrogen-bond acceptors (Lipinski definition) is 4. The van der Waals surface area contributed by atoms with Crippen LogP contribution >= 0.6 is 0 Å². The zero-order valence-electron chi connectivity index (χ0n) is 7.21. The first-order valence-corrected chi connectivity index (χ1v) is 3.82. The van der Waals surface area contributed by atoms with E-state index in [0.717, 1.165) is 6.07 Å². The van der Waals surface area contributed by atoms with Crippen molar-refractivity contribution in [2.45, 2.75) is 13.0 Å². The number of hydrogen-bond donors (Lipinski definition) is 2. The van der Waals surface area contributed by atoms with Crippen molar-refractivity contribution in [2.24, 2.45) is 5.73 Å². The number of rotatable bonds is 3. The lowest BCUT2D eigenvalue weighted by Crippen LogP contribution is -2.08. The van der Waals surface area contributed by atoms with Crippen LogP contribution in [0.25, 0.3) is 0 Å². The van der Waals surface area contributed by atoms with E-state index in [2.05, 4.69) is 4.98 Å². The van der Waals surface area contributed by atoms with Gasteiger partial charge in [0.15, 0.2) is 6.29 Å². The Bertz CT molecular complexity index is 355. The van der Waals surface area contributed by atoms with Gasteiger partial charge in [-0.2, -0.15) is 0 Å². The fourth-order valence-corrected chi connectivity index (χ4v) is 1.07. The van der Waals surface area contributed by atoms with Crippen LogP contribution in [0.2, 0.25) is 0 Å². The summed E-state index contributed by atoms with van der Waals surface area (Å²) in [6.07, 6.45) is -2.26. The van der Waals surface area contributed by atoms with Crippen LogP contribution in [0, 0.1) is 0 Å². The molecule has 0 fully saturated rings. The fourth-order valence-electron chi connectivity index (χ4n) is 1.07. The minimum atomic E-state index is -2.72. The molecule has 0 spiro atoms. The molecule has 0 saturated heterocycles. The molecule has 76 valence electrons. The van der Waals surface area contributed by atoms with Gasteiger partial charge < -0.3 is 11.5 Å². The van der Waals surface area contributed by atoms with Gasteiger partial charge in [-0.05, 0) is 11.6 Å². The number of alkyl halides is 2. The zero-order chi connectivity index (χ0) is 10.7. The molecule has 4 nitrogen and oxygen atoms in total. The molecule has 1 heterocycles. The number of nitrogens with two attached hydrogens (primary N) is 2. The van der Waals surface area contributed by atoms with E-state index in [-0.39, 0.29) is 23.5 Å². The van der Waals surface area contributed by atoms with Gasteiger partial charge in [0.25, 0.3) is 6.43 Å². The molecule has 0 saturated carbocycles. The molecular weight excluding hydrogens is 192 g/mol. The molecule has 6 heteroatoms. The summed E-state index contributed by atoms with van der Waals surface area (Å²) in [6, 6.07) is 1.09. The van der Waals surface area contributed by atoms with Crippen LogP contribution in [0.1, 0.15) is 28.0 Å². The molecule has 0 amide bonds. The molecule has 0 bridgehead atoms. The Balaban J connectivity index is 3.31. The molecule has 1 aromatic heterocycles. The van der Waals surface area contributed by atoms with Crippen molar-refractivity contribution >= 4 is 12.1 Å². The molecule has 0 aliphatic rings. The average Bonchev–Trinajstić information content (AvgIpc) is 2.16. The molecule has 0 aliphatic heterocycles. The van der Waals surface area contributed by atoms with E-state index in [1.54, 1.807) is 0 Å². The lowest BCUT2D eigenvalue weighted by Gasteiger charge is -2.07. The summed E-state index contributed by atoms with van der Waals surface area (Å²) in [5.41, 5.74) is 10.5. The number of carbonyl (C=O) groups is 1. The summed E-state index contributed by atoms with van der Waals surface area (Å²) in [5, 5.41) is 0. The maximum absolute atomic E-state index is 12.3. The second-order valence-corrected chi connectivity index (χ2v) is 2.63. The molecule has 1 aromatic rings. The first-order chi connectivity index (χ1) is 6.60. The quantitative estimate of drug-likeness (QED) is 0.711. The molecule has 0 aliphatic carbocycles. The number of aldehydes is 1. The number of nitrogen functional groups attached to an aromatic ring is 1. The summed E-state index contributed by atoms with van der Waals surface area (Å²) in [6.45, 7) is -0.0273. The Morgan fingerprint density at radius 2 is 2.21 bits per heavy atom. The Hall–Kier alpha value is -1.56. The van der Waals surface area contributed by atoms with Crippen LogP contribution in [-0.2, 0) is 6.54 Å². The predicted molar refractivity (Wildman–Crippen MR) is 46.9 cm³/mol. The number of aromatic nitrogens is 1. The van der Waals surface area contributed by atoms with Crippen molar-refractivity contribution < 1.29 is 13.6 Å². The summed E-state index contributed by atoms with van der Waals surface area (Å²) in [7, 11) is 0. The van der Waals surface area contributed by atoms with Crippen molar-refractivity contribution in [3.05, 3.63) is 22.9 Å². The summed E-state index contributed by atoms with van der Waals surface area (Å²) in [5.74, 6) is -0.210. The lowest BCUT2D eigenvalue weighted by atomic mass is 10.1. The van der Waals surface area contributed by atoms with Crippen LogP contribution < -0.4 is 11.5 Å². The molecule has 4 N–H and O–H groups in total. The third-order valence-electron chi connectivity index (χ3n) is 1.75. The molecule has 1 rings (SSSR count). The SMILES string of the molecule is NCc1cc(C(F)F)nc(N)c1C=O. The number of carbonyl (C=O) groups excluding carboxylic acids is 1. The van der Waals surface area contributed by atoms with Crippen molar-refractivity contribution in [3.8, 4) is 0 Å². The van der Waals surface area contributed by atoms with Crippen molar-refractivity contribution in [2.75, 3.05) is 5.73 Å². The Morgan fingerprint density at radius 3 is 2.64 bits per heavy atom. The molecular formula is C8H9F2N3O. The zero-order valence-corrected chi connectivity index (χ0v) is 7.21. The van der Waals surface area contributed by atoms with Crippen molar-refractivity contribution in [1.29, 1.82) is 0 Å². The van der Waals surface area contributed by atoms with E-state index < -0.39 is 12.1 Å². The first kappa shape index (κ1) is 10.5. The van der Waals surface area contributed by atoms with Crippen LogP contribution in [-0.4, -0.2) is 11.3 Å². The number of nitrogens with zero attached hydrogens (tertiary/aromatic N) is 1. The smallest absolute Gasteiger partial charge is 0.280 e. The Kier molecular flexibility index (Phi) is 3.08. The molecule has 0 radical (unpaired) electrons. The Labute approximate surface area is 78.9 Å². The Morgan fingerprint density at radius 1 is 1.57 bits per heavy atom. The van der Waals surface area contributed by atoms with Gasteiger partial charge in [-0.1, -0.05) is 0 Å². The minimum absolute atomic E-state index is 0.0273. The summed E-state index contributed by atoms with van der Waals surface area (Å²) in [4.78, 5) is 13.9. The van der Waals surface area contributed by atoms with Gasteiger partial charge in [-0.25, -0.2) is 13.8 Å². The van der Waals surface area contributed by atoms with Crippen LogP contribution in [0.3, 0.4) is 0 Å². The van der Waals surface area contributed by atoms with Gasteiger partial charge in [-0.3, -0.25) is 4.79 Å². The average molecular weight is 201 g/mol. The van der Waals surface area contributed by atoms with Gasteiger partial charge in [0.2, 0.25) is 0 Å². The fraction of sp³-hybridized carbons (Fsp3) is 0.250. The van der Waals surface area contributed by atoms with Crippen molar-refractivity contribution in [3.63, 3.8) is 0 Å². The van der Waals surface area contributed by atoms with E-state index in [9.17, 15) is 13.6 Å². The monoisotopic (exact) mass is 201 g/mol. The van der Waals surface area contributed by atoms with Crippen LogP contribution in [0.4, 0.5) is 14.6 Å². The minimum Gasteiger partial charge on any atom is -0.383 e. The van der Waals surface area contributed by atoms with Crippen molar-refractivity contribution in [1.82, 2.24) is 4.98 Å². The van der Waals surface area contributed by atoms with E-state index in [1.165, 1.54) is 0 Å². The standard InChI is InChI=1S/C8H9F2N3O/c9-7(10)6-1-4(2-11)5(3-14)8(12)13-6/h1,3,7H,2,11H2,(H2,12,13). The van der Waals surface area contributed by atoms with Gasteiger partial charge in [-0.15, -0.1) is 0 Å².